The lowest BCUT2D eigenvalue weighted by Gasteiger charge is -2.32. The molecule has 4 atom stereocenters. The van der Waals surface area contributed by atoms with Crippen LogP contribution in [0.3, 0.4) is 0 Å². The van der Waals surface area contributed by atoms with Crippen molar-refractivity contribution >= 4 is 0 Å². The number of nitrogens with zero attached hydrogens (tertiary/aromatic N) is 2. The van der Waals surface area contributed by atoms with Gasteiger partial charge in [0, 0.05) is 13.2 Å². The minimum atomic E-state index is -0.0967. The minimum Gasteiger partial charge on any atom is -0.373 e. The average molecular weight is 471 g/mol. The highest BCUT2D eigenvalue weighted by molar-refractivity contribution is 5.11. The van der Waals surface area contributed by atoms with E-state index in [1.54, 1.807) is 0 Å². The van der Waals surface area contributed by atoms with Crippen LogP contribution in [0, 0.1) is 0 Å². The van der Waals surface area contributed by atoms with Crippen molar-refractivity contribution < 1.29 is 28.4 Å². The molecule has 3 aliphatic rings. The Balaban J connectivity index is 1.30. The first-order valence-corrected chi connectivity index (χ1v) is 12.3. The van der Waals surface area contributed by atoms with Gasteiger partial charge < -0.3 is 28.4 Å². The van der Waals surface area contributed by atoms with Crippen molar-refractivity contribution in [2.75, 3.05) is 26.4 Å². The van der Waals surface area contributed by atoms with Crippen LogP contribution in [0.25, 0.3) is 0 Å². The van der Waals surface area contributed by atoms with Crippen LogP contribution in [0.1, 0.15) is 48.5 Å². The van der Waals surface area contributed by atoms with Crippen LogP contribution < -0.4 is 0 Å². The molecule has 0 aromatic carbocycles. The van der Waals surface area contributed by atoms with Gasteiger partial charge in [-0.05, 0) is 49.9 Å². The van der Waals surface area contributed by atoms with Gasteiger partial charge in [0.15, 0.2) is 0 Å². The molecule has 2 saturated heterocycles. The maximum Gasteiger partial charge on any atom is 0.107 e. The predicted molar refractivity (Wildman–Crippen MR) is 123 cm³/mol. The summed E-state index contributed by atoms with van der Waals surface area (Å²) in [6.45, 7) is 4.11. The van der Waals surface area contributed by atoms with Crippen LogP contribution >= 0.6 is 0 Å². The highest BCUT2D eigenvalue weighted by Crippen LogP contribution is 2.22. The first kappa shape index (κ1) is 23.8. The zero-order valence-electron chi connectivity index (χ0n) is 19.6. The van der Waals surface area contributed by atoms with Crippen molar-refractivity contribution in [2.24, 2.45) is 0 Å². The Morgan fingerprint density at radius 3 is 1.44 bits per heavy atom. The van der Waals surface area contributed by atoms with Gasteiger partial charge in [-0.15, -0.1) is 0 Å². The molecule has 0 aliphatic carbocycles. The molecule has 8 heteroatoms. The van der Waals surface area contributed by atoms with E-state index in [1.165, 1.54) is 0 Å². The lowest BCUT2D eigenvalue weighted by atomic mass is 10.1. The Kier molecular flexibility index (Phi) is 8.50. The molecule has 0 unspecified atom stereocenters. The number of rotatable bonds is 0. The fraction of sp³-hybridized carbons (Fsp3) is 0.615. The van der Waals surface area contributed by atoms with Gasteiger partial charge in [0.2, 0.25) is 0 Å². The molecule has 0 spiro atoms. The van der Waals surface area contributed by atoms with Crippen LogP contribution in [0.4, 0.5) is 0 Å². The fourth-order valence-corrected chi connectivity index (χ4v) is 4.64. The van der Waals surface area contributed by atoms with Gasteiger partial charge in [0.05, 0.1) is 74.6 Å². The maximum absolute atomic E-state index is 6.24. The molecule has 2 aromatic rings. The molecule has 5 heterocycles. The Morgan fingerprint density at radius 2 is 0.971 bits per heavy atom. The molecule has 8 nitrogen and oxygen atoms in total. The number of pyridine rings is 2. The number of fused-ring (bicyclic) bond motifs is 6. The van der Waals surface area contributed by atoms with E-state index in [4.69, 9.17) is 33.4 Å². The van der Waals surface area contributed by atoms with E-state index in [1.807, 2.05) is 36.4 Å². The largest absolute Gasteiger partial charge is 0.373 e. The van der Waals surface area contributed by atoms with Gasteiger partial charge in [0.1, 0.15) is 12.2 Å². The van der Waals surface area contributed by atoms with Crippen LogP contribution in [-0.4, -0.2) is 60.8 Å². The van der Waals surface area contributed by atoms with Crippen LogP contribution in [0.5, 0.6) is 0 Å². The van der Waals surface area contributed by atoms with Crippen molar-refractivity contribution in [3.8, 4) is 0 Å². The summed E-state index contributed by atoms with van der Waals surface area (Å²) >= 11 is 0. The maximum atomic E-state index is 6.24. The summed E-state index contributed by atoms with van der Waals surface area (Å²) in [7, 11) is 0. The third kappa shape index (κ3) is 6.59. The van der Waals surface area contributed by atoms with Gasteiger partial charge in [-0.25, -0.2) is 0 Å². The standard InChI is InChI=1S/C26H34N2O6/c1-5-19-13-29-17-25-23(9-3-11-31-25)33-15-21-7-2-8-22(28-21)16-34-24-10-4-12-32-26(24)18-30-14-20(6-1)27-19/h1-2,5-8,23-26H,3-4,9-18H2/t23-,24-,25+,26+/m0/s1. The summed E-state index contributed by atoms with van der Waals surface area (Å²) in [4.78, 5) is 9.44. The monoisotopic (exact) mass is 470 g/mol. The number of hydrogen-bond donors (Lipinski definition) is 0. The van der Waals surface area contributed by atoms with Crippen molar-refractivity contribution in [1.82, 2.24) is 9.97 Å². The van der Waals surface area contributed by atoms with Gasteiger partial charge in [-0.2, -0.15) is 0 Å². The molecule has 5 rings (SSSR count). The first-order chi connectivity index (χ1) is 16.8. The second-order valence-corrected chi connectivity index (χ2v) is 9.07. The second kappa shape index (κ2) is 12.2. The Bertz CT molecular complexity index is 848. The molecule has 184 valence electrons. The van der Waals surface area contributed by atoms with Gasteiger partial charge in [-0.1, -0.05) is 12.1 Å². The number of aromatic nitrogens is 2. The van der Waals surface area contributed by atoms with Crippen molar-refractivity contribution in [3.63, 3.8) is 0 Å². The van der Waals surface area contributed by atoms with Gasteiger partial charge >= 0.3 is 0 Å². The zero-order valence-corrected chi connectivity index (χ0v) is 19.6. The molecular formula is C26H34N2O6. The molecule has 34 heavy (non-hydrogen) atoms. The van der Waals surface area contributed by atoms with Crippen LogP contribution in [0.2, 0.25) is 0 Å². The van der Waals surface area contributed by atoms with E-state index in [2.05, 4.69) is 4.98 Å². The normalized spacial score (nSPS) is 29.4. The van der Waals surface area contributed by atoms with E-state index in [0.717, 1.165) is 61.7 Å². The Hall–Kier alpha value is -1.94. The molecule has 0 radical (unpaired) electrons. The summed E-state index contributed by atoms with van der Waals surface area (Å²) < 4.78 is 36.4. The topological polar surface area (TPSA) is 81.2 Å². The number of hydrogen-bond acceptors (Lipinski definition) is 8. The van der Waals surface area contributed by atoms with Crippen molar-refractivity contribution in [2.45, 2.75) is 76.5 Å². The molecule has 2 fully saturated rings. The Labute approximate surface area is 200 Å². The lowest BCUT2D eigenvalue weighted by molar-refractivity contribution is -0.139. The lowest BCUT2D eigenvalue weighted by Crippen LogP contribution is -2.39. The molecule has 3 aliphatic heterocycles. The third-order valence-corrected chi connectivity index (χ3v) is 6.44. The Morgan fingerprint density at radius 1 is 0.529 bits per heavy atom. The SMILES string of the molecule is c1cc2nc(c1)COC[C@H]1OCCC[C@@H]1OCc1cccc(n1)CO[C@H]1CCCO[C@@H]1COC2. The van der Waals surface area contributed by atoms with E-state index >= 15 is 0 Å². The molecule has 2 aromatic heterocycles. The zero-order chi connectivity index (χ0) is 23.0. The molecule has 0 amide bonds. The second-order valence-electron chi connectivity index (χ2n) is 9.07. The smallest absolute Gasteiger partial charge is 0.107 e. The van der Waals surface area contributed by atoms with Crippen LogP contribution in [0.15, 0.2) is 36.4 Å². The van der Waals surface area contributed by atoms with Gasteiger partial charge in [0.25, 0.3) is 0 Å². The fourth-order valence-electron chi connectivity index (χ4n) is 4.64. The molecule has 4 bridgehead atoms. The van der Waals surface area contributed by atoms with Crippen molar-refractivity contribution in [3.05, 3.63) is 59.2 Å². The number of ether oxygens (including phenoxy) is 6. The highest BCUT2D eigenvalue weighted by Gasteiger charge is 2.28. The molecule has 0 saturated carbocycles. The van der Waals surface area contributed by atoms with Gasteiger partial charge in [-0.3, -0.25) is 9.97 Å². The summed E-state index contributed by atoms with van der Waals surface area (Å²) in [5.74, 6) is 0. The van der Waals surface area contributed by atoms with Crippen LogP contribution in [-0.2, 0) is 54.8 Å². The minimum absolute atomic E-state index is 0.0195. The van der Waals surface area contributed by atoms with E-state index in [-0.39, 0.29) is 24.4 Å². The average Bonchev–Trinajstić information content (AvgIpc) is 2.88. The summed E-state index contributed by atoms with van der Waals surface area (Å²) in [5, 5.41) is 0. The molecule has 0 N–H and O–H groups in total. The van der Waals surface area contributed by atoms with E-state index in [9.17, 15) is 0 Å². The highest BCUT2D eigenvalue weighted by atomic mass is 16.6. The van der Waals surface area contributed by atoms with Crippen molar-refractivity contribution in [1.29, 1.82) is 0 Å². The summed E-state index contributed by atoms with van der Waals surface area (Å²) in [5.41, 5.74) is 3.53. The summed E-state index contributed by atoms with van der Waals surface area (Å²) in [6, 6.07) is 11.9. The summed E-state index contributed by atoms with van der Waals surface area (Å²) in [6.07, 6.45) is 3.63. The first-order valence-electron chi connectivity index (χ1n) is 12.3. The van der Waals surface area contributed by atoms with E-state index < -0.39 is 0 Å². The third-order valence-electron chi connectivity index (χ3n) is 6.44. The quantitative estimate of drug-likeness (QED) is 0.580. The molecular weight excluding hydrogens is 436 g/mol. The predicted octanol–water partition coefficient (Wildman–Crippen LogP) is 3.35. The van der Waals surface area contributed by atoms with E-state index in [0.29, 0.717) is 39.6 Å².